The number of rotatable bonds is 6. The Morgan fingerprint density at radius 2 is 1.88 bits per heavy atom. The molecule has 7 nitrogen and oxygen atoms in total. The highest BCUT2D eigenvalue weighted by molar-refractivity contribution is 5.50. The van der Waals surface area contributed by atoms with Crippen LogP contribution in [0.1, 0.15) is 11.3 Å². The lowest BCUT2D eigenvalue weighted by Crippen LogP contribution is -2.46. The van der Waals surface area contributed by atoms with E-state index in [2.05, 4.69) is 20.2 Å². The van der Waals surface area contributed by atoms with Crippen LogP contribution in [0.2, 0.25) is 0 Å². The van der Waals surface area contributed by atoms with E-state index < -0.39 is 0 Å². The first kappa shape index (κ1) is 17.0. The maximum atomic E-state index is 10.8. The molecule has 1 N–H and O–H groups in total. The smallest absolute Gasteiger partial charge is 0.225 e. The third kappa shape index (κ3) is 4.37. The number of anilines is 2. The van der Waals surface area contributed by atoms with Crippen molar-refractivity contribution >= 4 is 18.2 Å². The average molecular weight is 341 g/mol. The Kier molecular flexibility index (Phi) is 5.33. The van der Waals surface area contributed by atoms with E-state index in [1.54, 1.807) is 12.0 Å². The first-order valence-corrected chi connectivity index (χ1v) is 8.35. The van der Waals surface area contributed by atoms with Gasteiger partial charge in [-0.25, -0.2) is 4.98 Å². The third-order valence-electron chi connectivity index (χ3n) is 4.24. The van der Waals surface area contributed by atoms with Crippen LogP contribution in [0, 0.1) is 6.92 Å². The van der Waals surface area contributed by atoms with Crippen LogP contribution in [0.4, 0.5) is 11.8 Å². The van der Waals surface area contributed by atoms with Gasteiger partial charge in [0.2, 0.25) is 12.4 Å². The van der Waals surface area contributed by atoms with Crippen LogP contribution < -0.4 is 15.0 Å². The average Bonchev–Trinajstić information content (AvgIpc) is 2.66. The summed E-state index contributed by atoms with van der Waals surface area (Å²) >= 11 is 0. The standard InChI is InChI=1S/C18H23N5O2/c1-14-11-17(23-9-7-22(13-24)8-10-23)21-18(20-14)19-12-15-3-5-16(25-2)6-4-15/h3-6,11,13H,7-10,12H2,1-2H3,(H,19,20,21). The third-order valence-corrected chi connectivity index (χ3v) is 4.24. The number of nitrogens with one attached hydrogen (secondary N) is 1. The zero-order chi connectivity index (χ0) is 17.6. The van der Waals surface area contributed by atoms with Gasteiger partial charge in [-0.2, -0.15) is 4.98 Å². The molecule has 1 fully saturated rings. The van der Waals surface area contributed by atoms with Gasteiger partial charge in [-0.1, -0.05) is 12.1 Å². The van der Waals surface area contributed by atoms with Crippen LogP contribution in [0.3, 0.4) is 0 Å². The van der Waals surface area contributed by atoms with Gasteiger partial charge in [0, 0.05) is 44.5 Å². The molecule has 25 heavy (non-hydrogen) atoms. The summed E-state index contributed by atoms with van der Waals surface area (Å²) in [5, 5.41) is 3.28. The number of piperazine rings is 1. The van der Waals surface area contributed by atoms with Gasteiger partial charge in [0.1, 0.15) is 11.6 Å². The van der Waals surface area contributed by atoms with Crippen molar-refractivity contribution < 1.29 is 9.53 Å². The van der Waals surface area contributed by atoms with Gasteiger partial charge in [0.15, 0.2) is 0 Å². The Balaban J connectivity index is 1.65. The molecule has 1 aliphatic rings. The molecule has 1 aromatic carbocycles. The fraction of sp³-hybridized carbons (Fsp3) is 0.389. The molecule has 0 saturated carbocycles. The zero-order valence-corrected chi connectivity index (χ0v) is 14.6. The molecule has 3 rings (SSSR count). The van der Waals surface area contributed by atoms with Gasteiger partial charge in [-0.15, -0.1) is 0 Å². The van der Waals surface area contributed by atoms with Gasteiger partial charge < -0.3 is 19.9 Å². The molecule has 1 aromatic heterocycles. The second-order valence-corrected chi connectivity index (χ2v) is 6.02. The highest BCUT2D eigenvalue weighted by Gasteiger charge is 2.17. The Hall–Kier alpha value is -2.83. The molecule has 0 atom stereocenters. The van der Waals surface area contributed by atoms with E-state index in [1.165, 1.54) is 0 Å². The highest BCUT2D eigenvalue weighted by atomic mass is 16.5. The molecule has 0 radical (unpaired) electrons. The molecule has 1 saturated heterocycles. The number of benzene rings is 1. The van der Waals surface area contributed by atoms with Crippen molar-refractivity contribution in [2.75, 3.05) is 43.5 Å². The molecule has 0 unspecified atom stereocenters. The van der Waals surface area contributed by atoms with E-state index in [0.29, 0.717) is 12.5 Å². The van der Waals surface area contributed by atoms with Gasteiger partial charge in [0.05, 0.1) is 7.11 Å². The van der Waals surface area contributed by atoms with Crippen LogP contribution in [0.5, 0.6) is 5.75 Å². The fourth-order valence-electron chi connectivity index (χ4n) is 2.77. The maximum absolute atomic E-state index is 10.8. The molecule has 0 bridgehead atoms. The quantitative estimate of drug-likeness (QED) is 0.806. The Morgan fingerprint density at radius 3 is 2.52 bits per heavy atom. The van der Waals surface area contributed by atoms with Gasteiger partial charge >= 0.3 is 0 Å². The van der Waals surface area contributed by atoms with E-state index in [0.717, 1.165) is 55.4 Å². The minimum Gasteiger partial charge on any atom is -0.497 e. The van der Waals surface area contributed by atoms with Crippen molar-refractivity contribution in [3.8, 4) is 5.75 Å². The molecule has 0 spiro atoms. The molecule has 2 aromatic rings. The van der Waals surface area contributed by atoms with Crippen LogP contribution in [-0.2, 0) is 11.3 Å². The number of carbonyl (C=O) groups excluding carboxylic acids is 1. The normalized spacial score (nSPS) is 14.3. The van der Waals surface area contributed by atoms with E-state index in [1.807, 2.05) is 37.3 Å². The SMILES string of the molecule is COc1ccc(CNc2nc(C)cc(N3CCN(C=O)CC3)n2)cc1. The summed E-state index contributed by atoms with van der Waals surface area (Å²) in [6.07, 6.45) is 0.907. The van der Waals surface area contributed by atoms with Crippen molar-refractivity contribution in [3.05, 3.63) is 41.6 Å². The number of aryl methyl sites for hydroxylation is 1. The molecular weight excluding hydrogens is 318 g/mol. The van der Waals surface area contributed by atoms with Crippen molar-refractivity contribution in [2.24, 2.45) is 0 Å². The number of hydrogen-bond donors (Lipinski definition) is 1. The molecule has 132 valence electrons. The molecule has 7 heteroatoms. The maximum Gasteiger partial charge on any atom is 0.225 e. The summed E-state index contributed by atoms with van der Waals surface area (Å²) in [7, 11) is 1.66. The minimum atomic E-state index is 0.614. The summed E-state index contributed by atoms with van der Waals surface area (Å²) in [6.45, 7) is 5.62. The molecule has 0 aliphatic carbocycles. The van der Waals surface area contributed by atoms with Crippen molar-refractivity contribution in [1.29, 1.82) is 0 Å². The van der Waals surface area contributed by atoms with Crippen molar-refractivity contribution in [3.63, 3.8) is 0 Å². The summed E-state index contributed by atoms with van der Waals surface area (Å²) in [6, 6.07) is 9.88. The number of amides is 1. The first-order valence-electron chi connectivity index (χ1n) is 8.35. The predicted octanol–water partition coefficient (Wildman–Crippen LogP) is 1.68. The topological polar surface area (TPSA) is 70.6 Å². The number of ether oxygens (including phenoxy) is 1. The second kappa shape index (κ2) is 7.83. The van der Waals surface area contributed by atoms with E-state index in [-0.39, 0.29) is 0 Å². The lowest BCUT2D eigenvalue weighted by atomic mass is 10.2. The number of nitrogens with zero attached hydrogens (tertiary/aromatic N) is 4. The molecular formula is C18H23N5O2. The largest absolute Gasteiger partial charge is 0.497 e. The number of carbonyl (C=O) groups is 1. The summed E-state index contributed by atoms with van der Waals surface area (Å²) < 4.78 is 5.17. The first-order chi connectivity index (χ1) is 12.2. The van der Waals surface area contributed by atoms with Crippen LogP contribution in [0.15, 0.2) is 30.3 Å². The van der Waals surface area contributed by atoms with Gasteiger partial charge in [-0.3, -0.25) is 4.79 Å². The molecule has 1 amide bonds. The van der Waals surface area contributed by atoms with Crippen molar-refractivity contribution in [2.45, 2.75) is 13.5 Å². The second-order valence-electron chi connectivity index (χ2n) is 6.02. The minimum absolute atomic E-state index is 0.614. The monoisotopic (exact) mass is 341 g/mol. The van der Waals surface area contributed by atoms with E-state index in [4.69, 9.17) is 4.74 Å². The van der Waals surface area contributed by atoms with E-state index >= 15 is 0 Å². The lowest BCUT2D eigenvalue weighted by Gasteiger charge is -2.33. The Labute approximate surface area is 147 Å². The van der Waals surface area contributed by atoms with Gasteiger partial charge in [-0.05, 0) is 24.6 Å². The van der Waals surface area contributed by atoms with E-state index in [9.17, 15) is 4.79 Å². The number of hydrogen-bond acceptors (Lipinski definition) is 6. The fourth-order valence-corrected chi connectivity index (χ4v) is 2.77. The summed E-state index contributed by atoms with van der Waals surface area (Å²) in [5.74, 6) is 2.35. The lowest BCUT2D eigenvalue weighted by molar-refractivity contribution is -0.118. The Morgan fingerprint density at radius 1 is 1.16 bits per heavy atom. The Bertz CT molecular complexity index is 712. The molecule has 2 heterocycles. The van der Waals surface area contributed by atoms with Crippen LogP contribution >= 0.6 is 0 Å². The zero-order valence-electron chi connectivity index (χ0n) is 14.6. The van der Waals surface area contributed by atoms with Crippen LogP contribution in [0.25, 0.3) is 0 Å². The van der Waals surface area contributed by atoms with Crippen LogP contribution in [-0.4, -0.2) is 54.6 Å². The van der Waals surface area contributed by atoms with Crippen molar-refractivity contribution in [1.82, 2.24) is 14.9 Å². The highest BCUT2D eigenvalue weighted by Crippen LogP contribution is 2.17. The predicted molar refractivity (Wildman–Crippen MR) is 96.9 cm³/mol. The molecule has 1 aliphatic heterocycles. The van der Waals surface area contributed by atoms with Gasteiger partial charge in [0.25, 0.3) is 0 Å². The summed E-state index contributed by atoms with van der Waals surface area (Å²) in [5.41, 5.74) is 2.05. The number of methoxy groups -OCH3 is 1. The summed E-state index contributed by atoms with van der Waals surface area (Å²) in [4.78, 5) is 23.9. The number of aromatic nitrogens is 2.